The Morgan fingerprint density at radius 1 is 1.38 bits per heavy atom. The number of halogens is 2. The maximum Gasteiger partial charge on any atom is 0.338 e. The summed E-state index contributed by atoms with van der Waals surface area (Å²) in [6, 6.07) is 3.72. The van der Waals surface area contributed by atoms with Gasteiger partial charge in [-0.05, 0) is 25.0 Å². The molecular formula is C23H25ClFN5O3S. The van der Waals surface area contributed by atoms with E-state index in [0.29, 0.717) is 47.4 Å². The van der Waals surface area contributed by atoms with Gasteiger partial charge in [0.05, 0.1) is 25.9 Å². The Kier molecular flexibility index (Phi) is 6.67. The molecule has 3 aliphatic rings. The van der Waals surface area contributed by atoms with Crippen molar-refractivity contribution in [1.82, 2.24) is 15.2 Å². The molecule has 4 heterocycles. The first-order valence-corrected chi connectivity index (χ1v) is 12.3. The second kappa shape index (κ2) is 9.71. The lowest BCUT2D eigenvalue weighted by Crippen LogP contribution is -2.60. The Bertz CT molecular complexity index is 1130. The van der Waals surface area contributed by atoms with Gasteiger partial charge in [-0.1, -0.05) is 17.7 Å². The number of nitrogens with zero attached hydrogens (tertiary/aromatic N) is 3. The number of amidine groups is 1. The number of piperidine rings is 1. The van der Waals surface area contributed by atoms with E-state index in [-0.39, 0.29) is 23.1 Å². The lowest BCUT2D eigenvalue weighted by Gasteiger charge is -2.48. The Hall–Kier alpha value is -2.37. The van der Waals surface area contributed by atoms with Crippen LogP contribution in [0, 0.1) is 5.82 Å². The lowest BCUT2D eigenvalue weighted by molar-refractivity contribution is -0.136. The number of thiazole rings is 1. The van der Waals surface area contributed by atoms with Crippen molar-refractivity contribution in [3.8, 4) is 0 Å². The number of nitrogens with two attached hydrogens (primary N) is 1. The summed E-state index contributed by atoms with van der Waals surface area (Å²) in [7, 11) is 1.33. The molecule has 1 aromatic heterocycles. The number of methoxy groups -OCH3 is 1. The van der Waals surface area contributed by atoms with Gasteiger partial charge in [-0.3, -0.25) is 9.89 Å². The van der Waals surface area contributed by atoms with Gasteiger partial charge in [-0.25, -0.2) is 14.2 Å². The van der Waals surface area contributed by atoms with Crippen LogP contribution in [0.25, 0.3) is 0 Å². The first-order valence-electron chi connectivity index (χ1n) is 11.0. The number of carbonyl (C=O) groups excluding carboxylic acids is 1. The van der Waals surface area contributed by atoms with Gasteiger partial charge < -0.3 is 20.5 Å². The van der Waals surface area contributed by atoms with Gasteiger partial charge in [-0.2, -0.15) is 0 Å². The molecule has 3 aliphatic heterocycles. The highest BCUT2D eigenvalue weighted by atomic mass is 35.5. The Morgan fingerprint density at radius 2 is 2.15 bits per heavy atom. The molecular weight excluding hydrogens is 481 g/mol. The average Bonchev–Trinajstić information content (AvgIpc) is 3.34. The quantitative estimate of drug-likeness (QED) is 0.602. The summed E-state index contributed by atoms with van der Waals surface area (Å²) in [5.41, 5.74) is 7.79. The average molecular weight is 506 g/mol. The fourth-order valence-corrected chi connectivity index (χ4v) is 5.80. The van der Waals surface area contributed by atoms with Crippen LogP contribution in [0.15, 0.2) is 46.0 Å². The van der Waals surface area contributed by atoms with Gasteiger partial charge in [0.2, 0.25) is 0 Å². The van der Waals surface area contributed by atoms with Gasteiger partial charge >= 0.3 is 5.97 Å². The molecule has 180 valence electrons. The smallest absolute Gasteiger partial charge is 0.338 e. The predicted molar refractivity (Wildman–Crippen MR) is 127 cm³/mol. The van der Waals surface area contributed by atoms with Crippen molar-refractivity contribution < 1.29 is 18.7 Å². The molecule has 0 amide bonds. The van der Waals surface area contributed by atoms with E-state index in [2.05, 4.69) is 15.2 Å². The number of rotatable bonds is 5. The summed E-state index contributed by atoms with van der Waals surface area (Å²) >= 11 is 7.85. The number of nitrogens with one attached hydrogen (secondary N) is 1. The van der Waals surface area contributed by atoms with E-state index in [1.165, 1.54) is 30.6 Å². The van der Waals surface area contributed by atoms with Crippen LogP contribution in [0.4, 0.5) is 4.39 Å². The van der Waals surface area contributed by atoms with Crippen molar-refractivity contribution >= 4 is 34.7 Å². The molecule has 2 fully saturated rings. The van der Waals surface area contributed by atoms with Crippen LogP contribution in [0.5, 0.6) is 0 Å². The molecule has 0 spiro atoms. The molecule has 2 aromatic rings. The number of aliphatic imine (C=N–C) groups is 1. The minimum atomic E-state index is -0.779. The zero-order valence-electron chi connectivity index (χ0n) is 18.5. The number of carbonyl (C=O) groups is 1. The predicted octanol–water partition coefficient (Wildman–Crippen LogP) is 2.64. The van der Waals surface area contributed by atoms with Gasteiger partial charge in [0.1, 0.15) is 11.9 Å². The van der Waals surface area contributed by atoms with E-state index < -0.39 is 17.8 Å². The molecule has 8 nitrogen and oxygen atoms in total. The third kappa shape index (κ3) is 4.48. The van der Waals surface area contributed by atoms with E-state index in [4.69, 9.17) is 31.8 Å². The summed E-state index contributed by atoms with van der Waals surface area (Å²) in [5, 5.41) is 6.06. The van der Waals surface area contributed by atoms with Gasteiger partial charge in [0, 0.05) is 52.5 Å². The maximum absolute atomic E-state index is 13.8. The molecule has 0 radical (unpaired) electrons. The molecule has 1 aromatic carbocycles. The van der Waals surface area contributed by atoms with E-state index >= 15 is 0 Å². The number of esters is 1. The number of morpholine rings is 1. The Labute approximate surface area is 205 Å². The Morgan fingerprint density at radius 3 is 2.79 bits per heavy atom. The Balaban J connectivity index is 1.60. The number of ether oxygens (including phenoxy) is 2. The normalized spacial score (nSPS) is 27.2. The first-order chi connectivity index (χ1) is 16.4. The summed E-state index contributed by atoms with van der Waals surface area (Å²) in [4.78, 5) is 24.6. The second-order valence-electron chi connectivity index (χ2n) is 8.64. The number of hydrogen-bond donors (Lipinski definition) is 2. The fourth-order valence-electron chi connectivity index (χ4n) is 4.94. The molecule has 0 aliphatic carbocycles. The van der Waals surface area contributed by atoms with Crippen LogP contribution >= 0.6 is 22.9 Å². The first kappa shape index (κ1) is 23.4. The topological polar surface area (TPSA) is 102 Å². The van der Waals surface area contributed by atoms with Crippen molar-refractivity contribution in [2.24, 2.45) is 10.7 Å². The lowest BCUT2D eigenvalue weighted by atomic mass is 9.89. The highest BCUT2D eigenvalue weighted by Crippen LogP contribution is 2.38. The number of aromatic nitrogens is 1. The van der Waals surface area contributed by atoms with Gasteiger partial charge in [0.25, 0.3) is 0 Å². The van der Waals surface area contributed by atoms with Crippen molar-refractivity contribution in [3.63, 3.8) is 0 Å². The fraction of sp³-hybridized carbons (Fsp3) is 0.435. The van der Waals surface area contributed by atoms with Gasteiger partial charge in [0.15, 0.2) is 10.8 Å². The highest BCUT2D eigenvalue weighted by Gasteiger charge is 2.41. The summed E-state index contributed by atoms with van der Waals surface area (Å²) in [6.45, 7) is 1.63. The van der Waals surface area contributed by atoms with Crippen LogP contribution in [0.3, 0.4) is 0 Å². The maximum atomic E-state index is 13.8. The molecule has 2 bridgehead atoms. The summed E-state index contributed by atoms with van der Waals surface area (Å²) < 4.78 is 24.8. The summed E-state index contributed by atoms with van der Waals surface area (Å²) in [6.07, 6.45) is 3.33. The van der Waals surface area contributed by atoms with Crippen LogP contribution in [-0.2, 0) is 14.3 Å². The standard InChI is InChI=1S/C23H25ClFN5O3S/c1-32-23(31)19-18(9-30-14-7-13(26)8-15(30)11-33-10-14)28-21(22-27-4-5-34-22)29-20(19)16-3-2-12(25)6-17(16)24/h2-6,13-15,20H,7-11,26H2,1H3,(H,28,29). The largest absolute Gasteiger partial charge is 0.466 e. The van der Waals surface area contributed by atoms with Crippen LogP contribution in [0.1, 0.15) is 29.5 Å². The van der Waals surface area contributed by atoms with E-state index in [0.717, 1.165) is 12.8 Å². The summed E-state index contributed by atoms with van der Waals surface area (Å²) in [5.74, 6) is -0.462. The van der Waals surface area contributed by atoms with Crippen molar-refractivity contribution in [2.45, 2.75) is 37.0 Å². The number of hydrogen-bond acceptors (Lipinski definition) is 9. The van der Waals surface area contributed by atoms with Crippen LogP contribution in [0.2, 0.25) is 5.02 Å². The zero-order chi connectivity index (χ0) is 23.8. The van der Waals surface area contributed by atoms with E-state index in [1.54, 1.807) is 12.3 Å². The number of benzene rings is 1. The third-order valence-electron chi connectivity index (χ3n) is 6.47. The second-order valence-corrected chi connectivity index (χ2v) is 9.94. The molecule has 5 rings (SSSR count). The minimum Gasteiger partial charge on any atom is -0.466 e. The molecule has 34 heavy (non-hydrogen) atoms. The van der Waals surface area contributed by atoms with E-state index in [1.807, 2.05) is 5.38 Å². The zero-order valence-corrected chi connectivity index (χ0v) is 20.1. The highest BCUT2D eigenvalue weighted by molar-refractivity contribution is 7.11. The molecule has 2 saturated heterocycles. The van der Waals surface area contributed by atoms with Crippen molar-refractivity contribution in [2.75, 3.05) is 26.9 Å². The number of fused-ring (bicyclic) bond motifs is 2. The minimum absolute atomic E-state index is 0.127. The monoisotopic (exact) mass is 505 g/mol. The molecule has 11 heteroatoms. The SMILES string of the molecule is COC(=O)C1=C(CN2C3COCC2CC(N)C3)NC(c2nccs2)=NC1c1ccc(F)cc1Cl. The van der Waals surface area contributed by atoms with Crippen LogP contribution in [-0.4, -0.2) is 66.7 Å². The molecule has 3 atom stereocenters. The molecule has 0 saturated carbocycles. The van der Waals surface area contributed by atoms with Gasteiger partial charge in [-0.15, -0.1) is 11.3 Å². The molecule has 3 unspecified atom stereocenters. The molecule has 3 N–H and O–H groups in total. The van der Waals surface area contributed by atoms with Crippen LogP contribution < -0.4 is 11.1 Å². The third-order valence-corrected chi connectivity index (χ3v) is 7.58. The van der Waals surface area contributed by atoms with Crippen molar-refractivity contribution in [1.29, 1.82) is 0 Å². The van der Waals surface area contributed by atoms with E-state index in [9.17, 15) is 9.18 Å². The van der Waals surface area contributed by atoms with Crippen molar-refractivity contribution in [3.05, 3.63) is 62.5 Å².